The molecule has 1 saturated heterocycles. The van der Waals surface area contributed by atoms with Gasteiger partial charge in [-0.15, -0.1) is 0 Å². The summed E-state index contributed by atoms with van der Waals surface area (Å²) < 4.78 is 5.47. The van der Waals surface area contributed by atoms with Gasteiger partial charge in [-0.05, 0) is 19.3 Å². The normalized spacial score (nSPS) is 24.0. The van der Waals surface area contributed by atoms with Crippen LogP contribution in [0.4, 0.5) is 0 Å². The van der Waals surface area contributed by atoms with Crippen molar-refractivity contribution in [3.8, 4) is 0 Å². The first kappa shape index (κ1) is 16.4. The van der Waals surface area contributed by atoms with Crippen LogP contribution >= 0.6 is 0 Å². The molecule has 0 aromatic carbocycles. The monoisotopic (exact) mass is 296 g/mol. The molecule has 0 aromatic rings. The minimum Gasteiger partial charge on any atom is -0.380 e. The van der Waals surface area contributed by atoms with E-state index in [4.69, 9.17) is 4.74 Å². The van der Waals surface area contributed by atoms with Crippen LogP contribution in [0.5, 0.6) is 0 Å². The highest BCUT2D eigenvalue weighted by Gasteiger charge is 2.42. The Balaban J connectivity index is 1.73. The van der Waals surface area contributed by atoms with Gasteiger partial charge in [-0.2, -0.15) is 0 Å². The smallest absolute Gasteiger partial charge is 0.247 e. The van der Waals surface area contributed by atoms with Crippen LogP contribution in [-0.2, 0) is 14.3 Å². The molecular formula is C16H28N2O3. The van der Waals surface area contributed by atoms with E-state index in [1.165, 1.54) is 11.3 Å². The molecule has 1 unspecified atom stereocenters. The predicted octanol–water partition coefficient (Wildman–Crippen LogP) is 1.85. The van der Waals surface area contributed by atoms with Crippen LogP contribution in [0.15, 0.2) is 0 Å². The molecule has 1 aliphatic carbocycles. The molecule has 0 radical (unpaired) electrons. The maximum Gasteiger partial charge on any atom is 0.247 e. The number of carbonyl (C=O) groups excluding carboxylic acids is 2. The van der Waals surface area contributed by atoms with Gasteiger partial charge in [0.2, 0.25) is 11.8 Å². The second-order valence-electron chi connectivity index (χ2n) is 6.07. The molecule has 2 aliphatic rings. The SMILES string of the molecule is CCCCOCCNC1CC(=O)N(C2CCCCC2)C1=O. The van der Waals surface area contributed by atoms with Crippen LogP contribution in [0.3, 0.4) is 0 Å². The number of hydrogen-bond acceptors (Lipinski definition) is 4. The Bertz CT molecular complexity index is 353. The van der Waals surface area contributed by atoms with Crippen LogP contribution in [-0.4, -0.2) is 48.6 Å². The summed E-state index contributed by atoms with van der Waals surface area (Å²) >= 11 is 0. The maximum absolute atomic E-state index is 12.4. The molecule has 2 fully saturated rings. The number of imide groups is 1. The quantitative estimate of drug-likeness (QED) is 0.548. The van der Waals surface area contributed by atoms with Gasteiger partial charge in [-0.25, -0.2) is 0 Å². The van der Waals surface area contributed by atoms with Crippen molar-refractivity contribution in [3.05, 3.63) is 0 Å². The van der Waals surface area contributed by atoms with E-state index in [-0.39, 0.29) is 23.9 Å². The van der Waals surface area contributed by atoms with E-state index in [0.717, 1.165) is 45.1 Å². The highest BCUT2D eigenvalue weighted by molar-refractivity contribution is 6.05. The Morgan fingerprint density at radius 1 is 1.19 bits per heavy atom. The number of unbranched alkanes of at least 4 members (excludes halogenated alkanes) is 1. The molecule has 21 heavy (non-hydrogen) atoms. The number of ether oxygens (including phenoxy) is 1. The van der Waals surface area contributed by atoms with Crippen molar-refractivity contribution in [3.63, 3.8) is 0 Å². The number of amides is 2. The van der Waals surface area contributed by atoms with Gasteiger partial charge < -0.3 is 10.1 Å². The summed E-state index contributed by atoms with van der Waals surface area (Å²) in [5.41, 5.74) is 0. The zero-order chi connectivity index (χ0) is 15.1. The third kappa shape index (κ3) is 4.51. The summed E-state index contributed by atoms with van der Waals surface area (Å²) in [4.78, 5) is 26.0. The van der Waals surface area contributed by atoms with E-state index in [2.05, 4.69) is 12.2 Å². The van der Waals surface area contributed by atoms with Crippen molar-refractivity contribution in [2.45, 2.75) is 70.4 Å². The van der Waals surface area contributed by atoms with Gasteiger partial charge in [-0.3, -0.25) is 14.5 Å². The fourth-order valence-electron chi connectivity index (χ4n) is 3.19. The second kappa shape index (κ2) is 8.49. The van der Waals surface area contributed by atoms with Crippen LogP contribution in [0.2, 0.25) is 0 Å². The minimum atomic E-state index is -0.339. The summed E-state index contributed by atoms with van der Waals surface area (Å²) in [5, 5.41) is 3.17. The molecule has 1 aliphatic heterocycles. The summed E-state index contributed by atoms with van der Waals surface area (Å²) in [6.07, 6.45) is 7.94. The van der Waals surface area contributed by atoms with Crippen LogP contribution in [0, 0.1) is 0 Å². The van der Waals surface area contributed by atoms with E-state index in [1.807, 2.05) is 0 Å². The Hall–Kier alpha value is -0.940. The Labute approximate surface area is 127 Å². The highest BCUT2D eigenvalue weighted by atomic mass is 16.5. The van der Waals surface area contributed by atoms with Crippen molar-refractivity contribution in [2.24, 2.45) is 0 Å². The Morgan fingerprint density at radius 3 is 2.67 bits per heavy atom. The summed E-state index contributed by atoms with van der Waals surface area (Å²) in [6.45, 7) is 4.13. The summed E-state index contributed by atoms with van der Waals surface area (Å²) in [5.74, 6) is -0.0308. The molecule has 1 N–H and O–H groups in total. The lowest BCUT2D eigenvalue weighted by molar-refractivity contribution is -0.142. The van der Waals surface area contributed by atoms with E-state index >= 15 is 0 Å². The van der Waals surface area contributed by atoms with Crippen molar-refractivity contribution in [2.75, 3.05) is 19.8 Å². The van der Waals surface area contributed by atoms with Crippen molar-refractivity contribution >= 4 is 11.8 Å². The van der Waals surface area contributed by atoms with Gasteiger partial charge in [0.15, 0.2) is 0 Å². The first-order chi connectivity index (χ1) is 10.2. The van der Waals surface area contributed by atoms with E-state index in [1.54, 1.807) is 0 Å². The van der Waals surface area contributed by atoms with Gasteiger partial charge in [0.05, 0.1) is 19.1 Å². The fourth-order valence-corrected chi connectivity index (χ4v) is 3.19. The zero-order valence-electron chi connectivity index (χ0n) is 13.1. The van der Waals surface area contributed by atoms with Gasteiger partial charge in [0, 0.05) is 19.2 Å². The van der Waals surface area contributed by atoms with Gasteiger partial charge in [-0.1, -0.05) is 32.6 Å². The number of nitrogens with one attached hydrogen (secondary N) is 1. The first-order valence-corrected chi connectivity index (χ1v) is 8.41. The van der Waals surface area contributed by atoms with Crippen molar-refractivity contribution in [1.82, 2.24) is 10.2 Å². The van der Waals surface area contributed by atoms with Crippen molar-refractivity contribution in [1.29, 1.82) is 0 Å². The fraction of sp³-hybridized carbons (Fsp3) is 0.875. The average molecular weight is 296 g/mol. The van der Waals surface area contributed by atoms with Crippen LogP contribution in [0.1, 0.15) is 58.3 Å². The van der Waals surface area contributed by atoms with Gasteiger partial charge in [0.1, 0.15) is 0 Å². The third-order valence-electron chi connectivity index (χ3n) is 4.40. The minimum absolute atomic E-state index is 0.00342. The number of likely N-dealkylation sites (tertiary alicyclic amines) is 1. The molecule has 5 nitrogen and oxygen atoms in total. The lowest BCUT2D eigenvalue weighted by Gasteiger charge is -2.29. The number of carbonyl (C=O) groups is 2. The number of nitrogens with zero attached hydrogens (tertiary/aromatic N) is 1. The summed E-state index contributed by atoms with van der Waals surface area (Å²) in [7, 11) is 0. The molecule has 2 rings (SSSR count). The molecule has 1 heterocycles. The third-order valence-corrected chi connectivity index (χ3v) is 4.40. The van der Waals surface area contributed by atoms with Crippen LogP contribution in [0.25, 0.3) is 0 Å². The van der Waals surface area contributed by atoms with E-state index in [9.17, 15) is 9.59 Å². The molecule has 2 amide bonds. The van der Waals surface area contributed by atoms with Crippen molar-refractivity contribution < 1.29 is 14.3 Å². The lowest BCUT2D eigenvalue weighted by atomic mass is 9.94. The average Bonchev–Trinajstić information content (AvgIpc) is 2.78. The molecule has 5 heteroatoms. The molecular weight excluding hydrogens is 268 g/mol. The molecule has 0 spiro atoms. The predicted molar refractivity (Wildman–Crippen MR) is 80.9 cm³/mol. The molecule has 1 saturated carbocycles. The topological polar surface area (TPSA) is 58.6 Å². The molecule has 1 atom stereocenters. The van der Waals surface area contributed by atoms with E-state index in [0.29, 0.717) is 19.6 Å². The van der Waals surface area contributed by atoms with Gasteiger partial charge >= 0.3 is 0 Å². The highest BCUT2D eigenvalue weighted by Crippen LogP contribution is 2.27. The number of rotatable bonds is 8. The molecule has 0 aromatic heterocycles. The second-order valence-corrected chi connectivity index (χ2v) is 6.07. The Morgan fingerprint density at radius 2 is 1.95 bits per heavy atom. The zero-order valence-corrected chi connectivity index (χ0v) is 13.1. The summed E-state index contributed by atoms with van der Waals surface area (Å²) in [6, 6.07) is -0.194. The van der Waals surface area contributed by atoms with Gasteiger partial charge in [0.25, 0.3) is 0 Å². The molecule has 120 valence electrons. The largest absolute Gasteiger partial charge is 0.380 e. The molecule has 0 bridgehead atoms. The first-order valence-electron chi connectivity index (χ1n) is 8.41. The lowest BCUT2D eigenvalue weighted by Crippen LogP contribution is -2.45. The van der Waals surface area contributed by atoms with Crippen LogP contribution < -0.4 is 5.32 Å². The number of hydrogen-bond donors (Lipinski definition) is 1. The maximum atomic E-state index is 12.4. The van der Waals surface area contributed by atoms with E-state index < -0.39 is 0 Å². The Kier molecular flexibility index (Phi) is 6.64. The standard InChI is InChI=1S/C16H28N2O3/c1-2-3-10-21-11-9-17-14-12-15(19)18(16(14)20)13-7-5-4-6-8-13/h13-14,17H,2-12H2,1H3.